The van der Waals surface area contributed by atoms with E-state index in [0.717, 1.165) is 37.4 Å². The van der Waals surface area contributed by atoms with Crippen molar-refractivity contribution in [2.75, 3.05) is 18.0 Å². The molecule has 0 aromatic heterocycles. The molecular weight excluding hydrogens is 298 g/mol. The molecule has 3 rings (SSSR count). The zero-order valence-corrected chi connectivity index (χ0v) is 14.9. The van der Waals surface area contributed by atoms with E-state index in [0.29, 0.717) is 12.6 Å². The first-order valence-corrected chi connectivity index (χ1v) is 9.59. The van der Waals surface area contributed by atoms with E-state index in [1.54, 1.807) is 0 Å². The predicted molar refractivity (Wildman–Crippen MR) is 99.3 cm³/mol. The number of amides is 2. The highest BCUT2D eigenvalue weighted by atomic mass is 16.2. The lowest BCUT2D eigenvalue weighted by Gasteiger charge is -2.32. The standard InChI is InChI=1S/C20H31N3O/c1-16-6-5-13-23(15-16)19-11-9-17(10-12-19)14-21-20(24)22-18-7-3-2-4-8-18/h9-12,16,18H,2-8,13-15H2,1H3,(H2,21,22,24)/t16-/m1/s1. The minimum Gasteiger partial charge on any atom is -0.371 e. The van der Waals surface area contributed by atoms with Crippen molar-refractivity contribution in [3.05, 3.63) is 29.8 Å². The van der Waals surface area contributed by atoms with Crippen LogP contribution in [-0.4, -0.2) is 25.2 Å². The Morgan fingerprint density at radius 2 is 1.83 bits per heavy atom. The third kappa shape index (κ3) is 4.89. The number of nitrogens with zero attached hydrogens (tertiary/aromatic N) is 1. The number of benzene rings is 1. The fraction of sp³-hybridized carbons (Fsp3) is 0.650. The highest BCUT2D eigenvalue weighted by molar-refractivity contribution is 5.74. The number of rotatable bonds is 4. The molecule has 1 saturated heterocycles. The van der Waals surface area contributed by atoms with Crippen molar-refractivity contribution < 1.29 is 4.79 Å². The maximum absolute atomic E-state index is 12.0. The molecule has 2 N–H and O–H groups in total. The lowest BCUT2D eigenvalue weighted by molar-refractivity contribution is 0.232. The summed E-state index contributed by atoms with van der Waals surface area (Å²) in [6.07, 6.45) is 8.65. The van der Waals surface area contributed by atoms with Gasteiger partial charge in [-0.2, -0.15) is 0 Å². The van der Waals surface area contributed by atoms with E-state index in [1.165, 1.54) is 37.8 Å². The van der Waals surface area contributed by atoms with Gasteiger partial charge in [-0.25, -0.2) is 4.79 Å². The molecule has 0 spiro atoms. The van der Waals surface area contributed by atoms with Crippen LogP contribution in [0, 0.1) is 5.92 Å². The summed E-state index contributed by atoms with van der Waals surface area (Å²) in [7, 11) is 0. The Labute approximate surface area is 146 Å². The van der Waals surface area contributed by atoms with Crippen LogP contribution in [0.15, 0.2) is 24.3 Å². The van der Waals surface area contributed by atoms with E-state index < -0.39 is 0 Å². The van der Waals surface area contributed by atoms with Gasteiger partial charge in [-0.15, -0.1) is 0 Å². The smallest absolute Gasteiger partial charge is 0.315 e. The lowest BCUT2D eigenvalue weighted by atomic mass is 9.96. The van der Waals surface area contributed by atoms with Crippen LogP contribution in [0.2, 0.25) is 0 Å². The maximum atomic E-state index is 12.0. The highest BCUT2D eigenvalue weighted by Crippen LogP contribution is 2.23. The van der Waals surface area contributed by atoms with Gasteiger partial charge >= 0.3 is 6.03 Å². The molecular formula is C20H31N3O. The van der Waals surface area contributed by atoms with Gasteiger partial charge in [0.15, 0.2) is 0 Å². The van der Waals surface area contributed by atoms with Crippen molar-refractivity contribution in [2.24, 2.45) is 5.92 Å². The second-order valence-corrected chi connectivity index (χ2v) is 7.52. The Hall–Kier alpha value is -1.71. The Morgan fingerprint density at radius 1 is 1.08 bits per heavy atom. The molecule has 0 unspecified atom stereocenters. The summed E-state index contributed by atoms with van der Waals surface area (Å²) < 4.78 is 0. The van der Waals surface area contributed by atoms with Crippen LogP contribution < -0.4 is 15.5 Å². The van der Waals surface area contributed by atoms with Gasteiger partial charge in [0.2, 0.25) is 0 Å². The van der Waals surface area contributed by atoms with Gasteiger partial charge in [0.05, 0.1) is 0 Å². The summed E-state index contributed by atoms with van der Waals surface area (Å²) in [5.74, 6) is 0.781. The largest absolute Gasteiger partial charge is 0.371 e. The summed E-state index contributed by atoms with van der Waals surface area (Å²) in [5.41, 5.74) is 2.46. The van der Waals surface area contributed by atoms with Gasteiger partial charge in [-0.1, -0.05) is 38.3 Å². The predicted octanol–water partition coefficient (Wildman–Crippen LogP) is 4.05. The van der Waals surface area contributed by atoms with Crippen molar-refractivity contribution in [3.8, 4) is 0 Å². The number of urea groups is 1. The first-order valence-electron chi connectivity index (χ1n) is 9.59. The second-order valence-electron chi connectivity index (χ2n) is 7.52. The van der Waals surface area contributed by atoms with Gasteiger partial charge in [0.1, 0.15) is 0 Å². The van der Waals surface area contributed by atoms with Crippen molar-refractivity contribution in [3.63, 3.8) is 0 Å². The van der Waals surface area contributed by atoms with Crippen LogP contribution >= 0.6 is 0 Å². The fourth-order valence-electron chi connectivity index (χ4n) is 3.91. The molecule has 0 radical (unpaired) electrons. The Kier molecular flexibility index (Phi) is 6.00. The Bertz CT molecular complexity index is 522. The molecule has 2 aliphatic rings. The molecule has 2 amide bonds. The van der Waals surface area contributed by atoms with Gasteiger partial charge in [-0.3, -0.25) is 0 Å². The summed E-state index contributed by atoms with van der Waals surface area (Å²) in [6.45, 7) is 5.23. The van der Waals surface area contributed by atoms with Crippen LogP contribution in [0.3, 0.4) is 0 Å². The van der Waals surface area contributed by atoms with Crippen molar-refractivity contribution >= 4 is 11.7 Å². The van der Waals surface area contributed by atoms with Crippen LogP contribution in [0.25, 0.3) is 0 Å². The van der Waals surface area contributed by atoms with E-state index in [9.17, 15) is 4.79 Å². The number of hydrogen-bond acceptors (Lipinski definition) is 2. The van der Waals surface area contributed by atoms with E-state index in [-0.39, 0.29) is 6.03 Å². The molecule has 132 valence electrons. The van der Waals surface area contributed by atoms with Gasteiger partial charge in [-0.05, 0) is 49.3 Å². The summed E-state index contributed by atoms with van der Waals surface area (Å²) in [4.78, 5) is 14.5. The first kappa shape index (κ1) is 17.1. The maximum Gasteiger partial charge on any atom is 0.315 e. The minimum absolute atomic E-state index is 0.0316. The summed E-state index contributed by atoms with van der Waals surface area (Å²) in [6, 6.07) is 8.98. The molecule has 1 aromatic carbocycles. The minimum atomic E-state index is -0.0316. The van der Waals surface area contributed by atoms with E-state index in [4.69, 9.17) is 0 Å². The lowest BCUT2D eigenvalue weighted by Crippen LogP contribution is -2.42. The molecule has 1 saturated carbocycles. The normalized spacial score (nSPS) is 22.2. The van der Waals surface area contributed by atoms with E-state index in [2.05, 4.69) is 46.7 Å². The monoisotopic (exact) mass is 329 g/mol. The van der Waals surface area contributed by atoms with Crippen LogP contribution in [0.1, 0.15) is 57.4 Å². The average Bonchev–Trinajstić information content (AvgIpc) is 2.61. The first-order chi connectivity index (χ1) is 11.7. The summed E-state index contributed by atoms with van der Waals surface area (Å²) >= 11 is 0. The van der Waals surface area contributed by atoms with E-state index >= 15 is 0 Å². The molecule has 4 nitrogen and oxygen atoms in total. The zero-order valence-electron chi connectivity index (χ0n) is 14.9. The van der Waals surface area contributed by atoms with Gasteiger partial charge < -0.3 is 15.5 Å². The van der Waals surface area contributed by atoms with Crippen molar-refractivity contribution in [1.29, 1.82) is 0 Å². The average molecular weight is 329 g/mol. The third-order valence-electron chi connectivity index (χ3n) is 5.35. The SMILES string of the molecule is C[C@@H]1CCCN(c2ccc(CNC(=O)NC3CCCCC3)cc2)C1. The molecule has 2 fully saturated rings. The van der Waals surface area contributed by atoms with Gasteiger partial charge in [0.25, 0.3) is 0 Å². The molecule has 0 bridgehead atoms. The Balaban J connectivity index is 1.44. The highest BCUT2D eigenvalue weighted by Gasteiger charge is 2.17. The number of piperidine rings is 1. The molecule has 1 atom stereocenters. The van der Waals surface area contributed by atoms with Gasteiger partial charge in [0, 0.05) is 31.4 Å². The fourth-order valence-corrected chi connectivity index (χ4v) is 3.91. The van der Waals surface area contributed by atoms with Crippen molar-refractivity contribution in [1.82, 2.24) is 10.6 Å². The number of carbonyl (C=O) groups is 1. The molecule has 1 aromatic rings. The quantitative estimate of drug-likeness (QED) is 0.875. The molecule has 1 aliphatic carbocycles. The number of hydrogen-bond donors (Lipinski definition) is 2. The number of carbonyl (C=O) groups excluding carboxylic acids is 1. The number of nitrogens with one attached hydrogen (secondary N) is 2. The molecule has 1 heterocycles. The molecule has 1 aliphatic heterocycles. The Morgan fingerprint density at radius 3 is 2.54 bits per heavy atom. The number of anilines is 1. The van der Waals surface area contributed by atoms with Crippen LogP contribution in [0.4, 0.5) is 10.5 Å². The third-order valence-corrected chi connectivity index (χ3v) is 5.35. The van der Waals surface area contributed by atoms with Crippen LogP contribution in [0.5, 0.6) is 0 Å². The summed E-state index contributed by atoms with van der Waals surface area (Å²) in [5, 5.41) is 6.09. The second kappa shape index (κ2) is 8.41. The molecule has 24 heavy (non-hydrogen) atoms. The molecule has 4 heteroatoms. The zero-order chi connectivity index (χ0) is 16.8. The topological polar surface area (TPSA) is 44.4 Å². The van der Waals surface area contributed by atoms with Crippen LogP contribution in [-0.2, 0) is 6.54 Å². The van der Waals surface area contributed by atoms with E-state index in [1.807, 2.05) is 0 Å². The van der Waals surface area contributed by atoms with Crippen molar-refractivity contribution in [2.45, 2.75) is 64.5 Å².